The van der Waals surface area contributed by atoms with Gasteiger partial charge in [-0.1, -0.05) is 16.8 Å². The van der Waals surface area contributed by atoms with E-state index in [2.05, 4.69) is 10.5 Å². The van der Waals surface area contributed by atoms with Crippen molar-refractivity contribution in [1.82, 2.24) is 5.16 Å². The molecule has 0 aliphatic carbocycles. The van der Waals surface area contributed by atoms with E-state index in [1.807, 2.05) is 0 Å². The molecule has 3 rings (SSSR count). The van der Waals surface area contributed by atoms with E-state index in [1.54, 1.807) is 24.3 Å². The van der Waals surface area contributed by atoms with Crippen LogP contribution in [-0.4, -0.2) is 36.0 Å². The van der Waals surface area contributed by atoms with Crippen LogP contribution in [0.5, 0.6) is 0 Å². The highest BCUT2D eigenvalue weighted by Gasteiger charge is 2.24. The lowest BCUT2D eigenvalue weighted by Gasteiger charge is -2.08. The number of hydrogen-bond donors (Lipinski definition) is 2. The van der Waals surface area contributed by atoms with Gasteiger partial charge in [0.15, 0.2) is 17.1 Å². The summed E-state index contributed by atoms with van der Waals surface area (Å²) < 4.78 is 10.6. The number of carbonyl (C=O) groups is 1. The van der Waals surface area contributed by atoms with E-state index in [9.17, 15) is 9.90 Å². The predicted octanol–water partition coefficient (Wildman–Crippen LogP) is 3.53. The van der Waals surface area contributed by atoms with Crippen molar-refractivity contribution >= 4 is 23.4 Å². The Bertz CT molecular complexity index is 678. The van der Waals surface area contributed by atoms with Crippen molar-refractivity contribution in [3.63, 3.8) is 0 Å². The van der Waals surface area contributed by atoms with Crippen LogP contribution >= 0.6 is 11.6 Å². The fraction of sp³-hybridized carbons (Fsp3) is 0.375. The van der Waals surface area contributed by atoms with Gasteiger partial charge >= 0.3 is 5.97 Å². The van der Waals surface area contributed by atoms with Gasteiger partial charge in [-0.25, -0.2) is 4.79 Å². The predicted molar refractivity (Wildman–Crippen MR) is 85.9 cm³/mol. The summed E-state index contributed by atoms with van der Waals surface area (Å²) in [5.41, 5.74) is 0.659. The van der Waals surface area contributed by atoms with Crippen LogP contribution in [0.25, 0.3) is 11.3 Å². The van der Waals surface area contributed by atoms with Crippen molar-refractivity contribution in [3.8, 4) is 11.3 Å². The zero-order chi connectivity index (χ0) is 16.2. The molecule has 0 spiro atoms. The third-order valence-corrected chi connectivity index (χ3v) is 4.13. The van der Waals surface area contributed by atoms with E-state index in [1.165, 1.54) is 0 Å². The largest absolute Gasteiger partial charge is 0.477 e. The van der Waals surface area contributed by atoms with Crippen molar-refractivity contribution in [1.29, 1.82) is 0 Å². The lowest BCUT2D eigenvalue weighted by Crippen LogP contribution is -2.11. The number of ether oxygens (including phenoxy) is 1. The standard InChI is InChI=1S/C16H17ClN2O4/c17-12-3-1-11(2-4-12)14-13(16(20)21)15(19-23-14)18-7-5-10-6-8-22-9-10/h1-4,10H,5-9H2,(H,18,19)(H,20,21). The summed E-state index contributed by atoms with van der Waals surface area (Å²) in [6.07, 6.45) is 1.95. The Balaban J connectivity index is 1.75. The lowest BCUT2D eigenvalue weighted by molar-refractivity contribution is 0.0698. The Morgan fingerprint density at radius 2 is 2.17 bits per heavy atom. The number of nitrogens with one attached hydrogen (secondary N) is 1. The van der Waals surface area contributed by atoms with Gasteiger partial charge in [-0.05, 0) is 43.0 Å². The second kappa shape index (κ2) is 7.02. The molecule has 1 atom stereocenters. The molecule has 1 unspecified atom stereocenters. The summed E-state index contributed by atoms with van der Waals surface area (Å²) in [5, 5.41) is 17.0. The number of hydrogen-bond acceptors (Lipinski definition) is 5. The highest BCUT2D eigenvalue weighted by atomic mass is 35.5. The van der Waals surface area contributed by atoms with Crippen LogP contribution in [-0.2, 0) is 4.74 Å². The average molecular weight is 337 g/mol. The molecule has 0 amide bonds. The van der Waals surface area contributed by atoms with Crippen molar-refractivity contribution < 1.29 is 19.2 Å². The van der Waals surface area contributed by atoms with Crippen LogP contribution in [0.1, 0.15) is 23.2 Å². The van der Waals surface area contributed by atoms with E-state index >= 15 is 0 Å². The molecule has 2 heterocycles. The number of benzene rings is 1. The number of carboxylic acids is 1. The maximum atomic E-state index is 11.6. The first kappa shape index (κ1) is 15.8. The quantitative estimate of drug-likeness (QED) is 0.839. The molecule has 7 heteroatoms. The van der Waals surface area contributed by atoms with Crippen LogP contribution in [0.15, 0.2) is 28.8 Å². The monoisotopic (exact) mass is 336 g/mol. The van der Waals surface area contributed by atoms with E-state index < -0.39 is 5.97 Å². The minimum absolute atomic E-state index is 0.0370. The lowest BCUT2D eigenvalue weighted by atomic mass is 10.1. The number of rotatable bonds is 6. The highest BCUT2D eigenvalue weighted by molar-refractivity contribution is 6.30. The van der Waals surface area contributed by atoms with Crippen LogP contribution in [0.2, 0.25) is 5.02 Å². The molecule has 1 saturated heterocycles. The van der Waals surface area contributed by atoms with Crippen LogP contribution in [0, 0.1) is 5.92 Å². The third-order valence-electron chi connectivity index (χ3n) is 3.88. The van der Waals surface area contributed by atoms with Crippen molar-refractivity contribution in [2.24, 2.45) is 5.92 Å². The third kappa shape index (κ3) is 3.65. The molecule has 1 aliphatic heterocycles. The van der Waals surface area contributed by atoms with Gasteiger partial charge in [0.05, 0.1) is 0 Å². The van der Waals surface area contributed by atoms with E-state index in [-0.39, 0.29) is 17.1 Å². The minimum atomic E-state index is -1.08. The number of anilines is 1. The molecular weight excluding hydrogens is 320 g/mol. The number of aromatic carboxylic acids is 1. The van der Waals surface area contributed by atoms with Crippen molar-refractivity contribution in [2.75, 3.05) is 25.1 Å². The highest BCUT2D eigenvalue weighted by Crippen LogP contribution is 2.30. The molecule has 0 saturated carbocycles. The second-order valence-corrected chi connectivity index (χ2v) is 5.93. The Morgan fingerprint density at radius 3 is 2.83 bits per heavy atom. The molecule has 2 aromatic rings. The second-order valence-electron chi connectivity index (χ2n) is 5.49. The molecular formula is C16H17ClN2O4. The zero-order valence-electron chi connectivity index (χ0n) is 12.4. The first-order chi connectivity index (χ1) is 11.1. The van der Waals surface area contributed by atoms with Gasteiger partial charge in [-0.2, -0.15) is 0 Å². The molecule has 1 aliphatic rings. The van der Waals surface area contributed by atoms with Gasteiger partial charge in [-0.15, -0.1) is 0 Å². The summed E-state index contributed by atoms with van der Waals surface area (Å²) in [6.45, 7) is 2.19. The normalized spacial score (nSPS) is 17.3. The first-order valence-electron chi connectivity index (χ1n) is 7.45. The first-order valence-corrected chi connectivity index (χ1v) is 7.83. The van der Waals surface area contributed by atoms with Gasteiger partial charge in [-0.3, -0.25) is 0 Å². The Labute approximate surface area is 138 Å². The molecule has 6 nitrogen and oxygen atoms in total. The fourth-order valence-corrected chi connectivity index (χ4v) is 2.74. The van der Waals surface area contributed by atoms with Crippen molar-refractivity contribution in [3.05, 3.63) is 34.9 Å². The van der Waals surface area contributed by atoms with E-state index in [0.29, 0.717) is 23.0 Å². The number of aromatic nitrogens is 1. The summed E-state index contributed by atoms with van der Waals surface area (Å²) in [7, 11) is 0. The summed E-state index contributed by atoms with van der Waals surface area (Å²) in [4.78, 5) is 11.6. The number of halogens is 1. The van der Waals surface area contributed by atoms with Gasteiger partial charge in [0.25, 0.3) is 0 Å². The summed E-state index contributed by atoms with van der Waals surface area (Å²) in [6, 6.07) is 6.76. The number of nitrogens with zero attached hydrogens (tertiary/aromatic N) is 1. The van der Waals surface area contributed by atoms with E-state index in [4.69, 9.17) is 20.9 Å². The smallest absolute Gasteiger partial charge is 0.343 e. The molecule has 1 aromatic carbocycles. The molecule has 1 aromatic heterocycles. The maximum Gasteiger partial charge on any atom is 0.343 e. The average Bonchev–Trinajstić information content (AvgIpc) is 3.17. The van der Waals surface area contributed by atoms with Gasteiger partial charge in [0.2, 0.25) is 0 Å². The van der Waals surface area contributed by atoms with Crippen LogP contribution < -0.4 is 5.32 Å². The van der Waals surface area contributed by atoms with Crippen LogP contribution in [0.3, 0.4) is 0 Å². The van der Waals surface area contributed by atoms with Gasteiger partial charge in [0.1, 0.15) is 0 Å². The maximum absolute atomic E-state index is 11.6. The Morgan fingerprint density at radius 1 is 1.39 bits per heavy atom. The Hall–Kier alpha value is -2.05. The number of carboxylic acid groups (broad SMARTS) is 1. The Kier molecular flexibility index (Phi) is 4.83. The molecule has 2 N–H and O–H groups in total. The molecule has 0 radical (unpaired) electrons. The SMILES string of the molecule is O=C(O)c1c(NCCC2CCOC2)noc1-c1ccc(Cl)cc1. The van der Waals surface area contributed by atoms with Gasteiger partial charge < -0.3 is 19.7 Å². The van der Waals surface area contributed by atoms with E-state index in [0.717, 1.165) is 26.1 Å². The zero-order valence-corrected chi connectivity index (χ0v) is 13.2. The minimum Gasteiger partial charge on any atom is -0.477 e. The summed E-state index contributed by atoms with van der Waals surface area (Å²) in [5.74, 6) is -0.0939. The molecule has 1 fully saturated rings. The molecule has 23 heavy (non-hydrogen) atoms. The van der Waals surface area contributed by atoms with Crippen LogP contribution in [0.4, 0.5) is 5.82 Å². The summed E-state index contributed by atoms with van der Waals surface area (Å²) >= 11 is 5.85. The van der Waals surface area contributed by atoms with Crippen molar-refractivity contribution in [2.45, 2.75) is 12.8 Å². The molecule has 122 valence electrons. The topological polar surface area (TPSA) is 84.6 Å². The molecule has 0 bridgehead atoms. The fourth-order valence-electron chi connectivity index (χ4n) is 2.61. The van der Waals surface area contributed by atoms with Gasteiger partial charge in [0, 0.05) is 30.3 Å².